The summed E-state index contributed by atoms with van der Waals surface area (Å²) in [5.41, 5.74) is 2.20. The van der Waals surface area contributed by atoms with Crippen molar-refractivity contribution in [2.75, 3.05) is 13.7 Å². The number of carbonyl (C=O) groups is 3. The second kappa shape index (κ2) is 8.22. The summed E-state index contributed by atoms with van der Waals surface area (Å²) in [4.78, 5) is 38.3. The van der Waals surface area contributed by atoms with Crippen molar-refractivity contribution in [2.24, 2.45) is 0 Å². The van der Waals surface area contributed by atoms with Crippen LogP contribution in [0.4, 0.5) is 0 Å². The summed E-state index contributed by atoms with van der Waals surface area (Å²) in [7, 11) is 1.28. The number of methoxy groups -OCH3 is 1. The number of amides is 1. The molecule has 0 bridgehead atoms. The van der Waals surface area contributed by atoms with Gasteiger partial charge < -0.3 is 14.4 Å². The maximum absolute atomic E-state index is 12.7. The van der Waals surface area contributed by atoms with E-state index in [1.807, 2.05) is 24.3 Å². The van der Waals surface area contributed by atoms with E-state index in [0.29, 0.717) is 11.4 Å². The van der Waals surface area contributed by atoms with Gasteiger partial charge in [-0.15, -0.1) is 0 Å². The SMILES string of the molecule is COC(=O)[C@H]1Cc2ccccc2CN1C(=O)COC(=O)c1cccc(Cl)c1. The summed E-state index contributed by atoms with van der Waals surface area (Å²) in [5.74, 6) is -1.62. The van der Waals surface area contributed by atoms with E-state index in [1.54, 1.807) is 18.2 Å². The molecule has 0 saturated carbocycles. The van der Waals surface area contributed by atoms with Crippen molar-refractivity contribution in [3.05, 3.63) is 70.2 Å². The number of ether oxygens (including phenoxy) is 2. The van der Waals surface area contributed by atoms with Crippen LogP contribution in [0.3, 0.4) is 0 Å². The lowest BCUT2D eigenvalue weighted by atomic mass is 9.94. The molecule has 1 atom stereocenters. The van der Waals surface area contributed by atoms with Crippen LogP contribution < -0.4 is 0 Å². The highest BCUT2D eigenvalue weighted by atomic mass is 35.5. The van der Waals surface area contributed by atoms with Crippen molar-refractivity contribution >= 4 is 29.4 Å². The Morgan fingerprint density at radius 3 is 2.56 bits per heavy atom. The van der Waals surface area contributed by atoms with E-state index in [2.05, 4.69) is 0 Å². The lowest BCUT2D eigenvalue weighted by Crippen LogP contribution is -2.50. The van der Waals surface area contributed by atoms with Crippen LogP contribution in [-0.2, 0) is 32.0 Å². The molecule has 1 heterocycles. The van der Waals surface area contributed by atoms with Crippen molar-refractivity contribution in [3.63, 3.8) is 0 Å². The molecule has 6 nitrogen and oxygen atoms in total. The lowest BCUT2D eigenvalue weighted by Gasteiger charge is -2.35. The fraction of sp³-hybridized carbons (Fsp3) is 0.250. The van der Waals surface area contributed by atoms with E-state index in [-0.39, 0.29) is 12.1 Å². The zero-order chi connectivity index (χ0) is 19.4. The Bertz CT molecular complexity index is 882. The Morgan fingerprint density at radius 1 is 1.11 bits per heavy atom. The highest BCUT2D eigenvalue weighted by molar-refractivity contribution is 6.30. The molecule has 1 aliphatic heterocycles. The van der Waals surface area contributed by atoms with Crippen LogP contribution in [0.15, 0.2) is 48.5 Å². The number of fused-ring (bicyclic) bond motifs is 1. The van der Waals surface area contributed by atoms with Crippen LogP contribution >= 0.6 is 11.6 Å². The molecular weight excluding hydrogens is 370 g/mol. The Morgan fingerprint density at radius 2 is 1.85 bits per heavy atom. The Kier molecular flexibility index (Phi) is 5.76. The average molecular weight is 388 g/mol. The smallest absolute Gasteiger partial charge is 0.338 e. The van der Waals surface area contributed by atoms with Gasteiger partial charge in [0.05, 0.1) is 12.7 Å². The minimum Gasteiger partial charge on any atom is -0.467 e. The molecule has 0 N–H and O–H groups in total. The number of benzene rings is 2. The van der Waals surface area contributed by atoms with E-state index >= 15 is 0 Å². The topological polar surface area (TPSA) is 72.9 Å². The number of halogens is 1. The van der Waals surface area contributed by atoms with Gasteiger partial charge in [0.1, 0.15) is 6.04 Å². The monoisotopic (exact) mass is 387 g/mol. The zero-order valence-corrected chi connectivity index (χ0v) is 15.4. The number of nitrogens with zero attached hydrogens (tertiary/aromatic N) is 1. The van der Waals surface area contributed by atoms with E-state index in [0.717, 1.165) is 11.1 Å². The molecule has 0 saturated heterocycles. The highest BCUT2D eigenvalue weighted by Gasteiger charge is 2.35. The Hall–Kier alpha value is -2.86. The highest BCUT2D eigenvalue weighted by Crippen LogP contribution is 2.24. The van der Waals surface area contributed by atoms with Crippen LogP contribution in [0.1, 0.15) is 21.5 Å². The third-order valence-electron chi connectivity index (χ3n) is 4.43. The molecule has 0 spiro atoms. The standard InChI is InChI=1S/C20H18ClNO5/c1-26-20(25)17-10-13-5-2-3-6-15(13)11-22(17)18(23)12-27-19(24)14-7-4-8-16(21)9-14/h2-9,17H,10-12H2,1H3/t17-/m1/s1. The number of hydrogen-bond donors (Lipinski definition) is 0. The molecule has 0 aromatic heterocycles. The van der Waals surface area contributed by atoms with Gasteiger partial charge in [-0.25, -0.2) is 9.59 Å². The van der Waals surface area contributed by atoms with Crippen molar-refractivity contribution in [1.29, 1.82) is 0 Å². The Labute approximate surface area is 161 Å². The number of rotatable bonds is 4. The summed E-state index contributed by atoms with van der Waals surface area (Å²) in [6, 6.07) is 13.1. The number of carbonyl (C=O) groups excluding carboxylic acids is 3. The largest absolute Gasteiger partial charge is 0.467 e. The summed E-state index contributed by atoms with van der Waals surface area (Å²) in [5, 5.41) is 0.397. The molecule has 7 heteroatoms. The fourth-order valence-electron chi connectivity index (χ4n) is 3.04. The zero-order valence-electron chi connectivity index (χ0n) is 14.7. The van der Waals surface area contributed by atoms with Crippen LogP contribution in [-0.4, -0.2) is 42.5 Å². The van der Waals surface area contributed by atoms with Crippen molar-refractivity contribution < 1.29 is 23.9 Å². The number of esters is 2. The third-order valence-corrected chi connectivity index (χ3v) is 4.66. The average Bonchev–Trinajstić information content (AvgIpc) is 2.70. The van der Waals surface area contributed by atoms with Crippen molar-refractivity contribution in [2.45, 2.75) is 19.0 Å². The molecule has 2 aromatic rings. The van der Waals surface area contributed by atoms with Gasteiger partial charge in [-0.05, 0) is 29.3 Å². The van der Waals surface area contributed by atoms with Crippen LogP contribution in [0.2, 0.25) is 5.02 Å². The molecule has 0 fully saturated rings. The van der Waals surface area contributed by atoms with Crippen molar-refractivity contribution in [3.8, 4) is 0 Å². The fourth-order valence-corrected chi connectivity index (χ4v) is 3.23. The summed E-state index contributed by atoms with van der Waals surface area (Å²) < 4.78 is 9.94. The maximum Gasteiger partial charge on any atom is 0.338 e. The molecule has 27 heavy (non-hydrogen) atoms. The van der Waals surface area contributed by atoms with Gasteiger partial charge in [0.2, 0.25) is 0 Å². The lowest BCUT2D eigenvalue weighted by molar-refractivity contribution is -0.155. The molecule has 0 aliphatic carbocycles. The second-order valence-corrected chi connectivity index (χ2v) is 6.56. The van der Waals surface area contributed by atoms with Gasteiger partial charge >= 0.3 is 11.9 Å². The normalized spacial score (nSPS) is 15.6. The molecule has 140 valence electrons. The molecule has 0 radical (unpaired) electrons. The van der Waals surface area contributed by atoms with Gasteiger partial charge in [0.15, 0.2) is 6.61 Å². The maximum atomic E-state index is 12.7. The van der Waals surface area contributed by atoms with E-state index in [4.69, 9.17) is 21.1 Å². The van der Waals surface area contributed by atoms with Gasteiger partial charge in [-0.3, -0.25) is 4.79 Å². The predicted molar refractivity (Wildman–Crippen MR) is 98.2 cm³/mol. The minimum atomic E-state index is -0.748. The van der Waals surface area contributed by atoms with Gasteiger partial charge in [-0.1, -0.05) is 41.9 Å². The van der Waals surface area contributed by atoms with Gasteiger partial charge in [-0.2, -0.15) is 0 Å². The molecule has 1 amide bonds. The Balaban J connectivity index is 1.72. The molecular formula is C20H18ClNO5. The minimum absolute atomic E-state index is 0.253. The first-order valence-corrected chi connectivity index (χ1v) is 8.74. The van der Waals surface area contributed by atoms with E-state index in [1.165, 1.54) is 18.1 Å². The van der Waals surface area contributed by atoms with Gasteiger partial charge in [0.25, 0.3) is 5.91 Å². The van der Waals surface area contributed by atoms with E-state index in [9.17, 15) is 14.4 Å². The second-order valence-electron chi connectivity index (χ2n) is 6.12. The van der Waals surface area contributed by atoms with Gasteiger partial charge in [0, 0.05) is 18.0 Å². The first-order valence-electron chi connectivity index (χ1n) is 8.36. The van der Waals surface area contributed by atoms with Crippen molar-refractivity contribution in [1.82, 2.24) is 4.90 Å². The summed E-state index contributed by atoms with van der Waals surface area (Å²) in [6.07, 6.45) is 0.358. The molecule has 1 aliphatic rings. The van der Waals surface area contributed by atoms with Crippen LogP contribution in [0.25, 0.3) is 0 Å². The first-order chi connectivity index (χ1) is 13.0. The third kappa shape index (κ3) is 4.28. The predicted octanol–water partition coefficient (Wildman–Crippen LogP) is 2.62. The molecule has 3 rings (SSSR count). The van der Waals surface area contributed by atoms with Crippen LogP contribution in [0, 0.1) is 0 Å². The molecule has 2 aromatic carbocycles. The summed E-state index contributed by atoms with van der Waals surface area (Å²) >= 11 is 5.86. The quantitative estimate of drug-likeness (QED) is 0.754. The molecule has 0 unspecified atom stereocenters. The number of hydrogen-bond acceptors (Lipinski definition) is 5. The summed E-state index contributed by atoms with van der Waals surface area (Å²) in [6.45, 7) is -0.218. The van der Waals surface area contributed by atoms with E-state index < -0.39 is 30.5 Å². The van der Waals surface area contributed by atoms with Crippen LogP contribution in [0.5, 0.6) is 0 Å². The first kappa shape index (κ1) is 18.9.